The number of fused-ring (bicyclic) bond motifs is 1. The molecule has 1 amide bonds. The third-order valence-corrected chi connectivity index (χ3v) is 5.94. The molecule has 4 nitrogen and oxygen atoms in total. The molecule has 1 N–H and O–H groups in total. The molecule has 0 aliphatic carbocycles. The van der Waals surface area contributed by atoms with E-state index in [0.29, 0.717) is 17.0 Å². The second kappa shape index (κ2) is 8.81. The first kappa shape index (κ1) is 19.8. The van der Waals surface area contributed by atoms with Crippen molar-refractivity contribution in [2.24, 2.45) is 0 Å². The minimum absolute atomic E-state index is 0.0397. The molecule has 0 bridgehead atoms. The fourth-order valence-corrected chi connectivity index (χ4v) is 4.54. The molecular weight excluding hydrogens is 382 g/mol. The van der Waals surface area contributed by atoms with Crippen LogP contribution in [0.2, 0.25) is 5.02 Å². The third kappa shape index (κ3) is 5.05. The van der Waals surface area contributed by atoms with Crippen molar-refractivity contribution in [3.8, 4) is 0 Å². The zero-order valence-corrected chi connectivity index (χ0v) is 16.8. The Morgan fingerprint density at radius 3 is 2.59 bits per heavy atom. The van der Waals surface area contributed by atoms with Crippen molar-refractivity contribution in [2.45, 2.75) is 49.0 Å². The van der Waals surface area contributed by atoms with Crippen molar-refractivity contribution in [1.82, 2.24) is 5.32 Å². The predicted molar refractivity (Wildman–Crippen MR) is 108 cm³/mol. The number of halogens is 1. The van der Waals surface area contributed by atoms with E-state index in [1.54, 1.807) is 31.7 Å². The Hall–Kier alpha value is -1.98. The monoisotopic (exact) mass is 403 g/mol. The normalized spacial score (nSPS) is 16.7. The van der Waals surface area contributed by atoms with Crippen LogP contribution in [0, 0.1) is 0 Å². The number of nitrogens with one attached hydrogen (secondary N) is 1. The van der Waals surface area contributed by atoms with E-state index in [1.165, 1.54) is 5.56 Å². The van der Waals surface area contributed by atoms with Gasteiger partial charge in [0.1, 0.15) is 0 Å². The summed E-state index contributed by atoms with van der Waals surface area (Å²) in [7, 11) is 0. The summed E-state index contributed by atoms with van der Waals surface area (Å²) < 4.78 is 5.26. The predicted octanol–water partition coefficient (Wildman–Crippen LogP) is 4.56. The molecule has 0 spiro atoms. The Bertz CT molecular complexity index is 815. The number of benzene rings is 2. The standard InChI is InChI=1S/C21H22ClNO3S/c1-13(2)26-20(24)12-17(15-8-4-5-9-16(15)22)23-21(25)19-11-14-7-3-6-10-18(14)27-19/h3-10,13,17,19H,11-12H2,1-2H3,(H,23,25). The van der Waals surface area contributed by atoms with Gasteiger partial charge in [-0.3, -0.25) is 9.59 Å². The van der Waals surface area contributed by atoms with Crippen LogP contribution in [0.3, 0.4) is 0 Å². The quantitative estimate of drug-likeness (QED) is 0.718. The first-order valence-electron chi connectivity index (χ1n) is 8.93. The molecule has 142 valence electrons. The second-order valence-corrected chi connectivity index (χ2v) is 8.40. The maximum Gasteiger partial charge on any atom is 0.308 e. The van der Waals surface area contributed by atoms with Crippen LogP contribution in [-0.2, 0) is 20.7 Å². The van der Waals surface area contributed by atoms with Gasteiger partial charge in [0, 0.05) is 9.92 Å². The Kier molecular flexibility index (Phi) is 6.45. The van der Waals surface area contributed by atoms with Gasteiger partial charge in [-0.1, -0.05) is 48.0 Å². The van der Waals surface area contributed by atoms with E-state index < -0.39 is 6.04 Å². The third-order valence-electron chi connectivity index (χ3n) is 4.27. The lowest BCUT2D eigenvalue weighted by Crippen LogP contribution is -2.37. The van der Waals surface area contributed by atoms with E-state index in [1.807, 2.05) is 42.5 Å². The molecule has 0 fully saturated rings. The Labute approximate surface area is 168 Å². The van der Waals surface area contributed by atoms with E-state index in [4.69, 9.17) is 16.3 Å². The molecule has 0 saturated heterocycles. The van der Waals surface area contributed by atoms with E-state index in [-0.39, 0.29) is 29.7 Å². The van der Waals surface area contributed by atoms with Gasteiger partial charge in [-0.05, 0) is 43.5 Å². The number of ether oxygens (including phenoxy) is 1. The fourth-order valence-electron chi connectivity index (χ4n) is 3.07. The summed E-state index contributed by atoms with van der Waals surface area (Å²) in [6, 6.07) is 14.7. The van der Waals surface area contributed by atoms with Crippen LogP contribution >= 0.6 is 23.4 Å². The van der Waals surface area contributed by atoms with Crippen LogP contribution in [0.25, 0.3) is 0 Å². The smallest absolute Gasteiger partial charge is 0.308 e. The van der Waals surface area contributed by atoms with E-state index in [2.05, 4.69) is 5.32 Å². The van der Waals surface area contributed by atoms with Crippen LogP contribution < -0.4 is 5.32 Å². The van der Waals surface area contributed by atoms with Crippen molar-refractivity contribution >= 4 is 35.2 Å². The van der Waals surface area contributed by atoms with Crippen LogP contribution in [-0.4, -0.2) is 23.2 Å². The van der Waals surface area contributed by atoms with Crippen molar-refractivity contribution in [3.05, 3.63) is 64.7 Å². The van der Waals surface area contributed by atoms with Gasteiger partial charge in [0.15, 0.2) is 0 Å². The topological polar surface area (TPSA) is 55.4 Å². The molecule has 2 aromatic rings. The van der Waals surface area contributed by atoms with Crippen molar-refractivity contribution in [1.29, 1.82) is 0 Å². The molecule has 2 atom stereocenters. The lowest BCUT2D eigenvalue weighted by molar-refractivity contribution is -0.148. The van der Waals surface area contributed by atoms with Crippen LogP contribution in [0.4, 0.5) is 0 Å². The molecule has 0 aromatic heterocycles. The number of carbonyl (C=O) groups excluding carboxylic acids is 2. The largest absolute Gasteiger partial charge is 0.463 e. The van der Waals surface area contributed by atoms with Crippen molar-refractivity contribution in [2.75, 3.05) is 0 Å². The van der Waals surface area contributed by atoms with Gasteiger partial charge in [0.05, 0.1) is 23.8 Å². The summed E-state index contributed by atoms with van der Waals surface area (Å²) in [6.07, 6.45) is 0.510. The Balaban J connectivity index is 1.74. The highest BCUT2D eigenvalue weighted by molar-refractivity contribution is 8.01. The molecule has 1 aliphatic heterocycles. The summed E-state index contributed by atoms with van der Waals surface area (Å²) in [5, 5.41) is 3.31. The highest BCUT2D eigenvalue weighted by atomic mass is 35.5. The van der Waals surface area contributed by atoms with E-state index >= 15 is 0 Å². The molecule has 0 saturated carbocycles. The number of amides is 1. The summed E-state index contributed by atoms with van der Waals surface area (Å²) >= 11 is 7.87. The molecular formula is C21H22ClNO3S. The highest BCUT2D eigenvalue weighted by Gasteiger charge is 2.31. The summed E-state index contributed by atoms with van der Waals surface area (Å²) in [5.41, 5.74) is 1.89. The van der Waals surface area contributed by atoms with Gasteiger partial charge in [0.25, 0.3) is 0 Å². The fraction of sp³-hybridized carbons (Fsp3) is 0.333. The van der Waals surface area contributed by atoms with Crippen molar-refractivity contribution < 1.29 is 14.3 Å². The molecule has 2 unspecified atom stereocenters. The van der Waals surface area contributed by atoms with Crippen LogP contribution in [0.5, 0.6) is 0 Å². The molecule has 1 heterocycles. The highest BCUT2D eigenvalue weighted by Crippen LogP contribution is 2.37. The van der Waals surface area contributed by atoms with Gasteiger partial charge in [-0.15, -0.1) is 11.8 Å². The zero-order chi connectivity index (χ0) is 19.4. The number of esters is 1. The maximum absolute atomic E-state index is 12.9. The van der Waals surface area contributed by atoms with Gasteiger partial charge in [-0.25, -0.2) is 0 Å². The minimum atomic E-state index is -0.526. The average Bonchev–Trinajstić information content (AvgIpc) is 3.05. The number of hydrogen-bond donors (Lipinski definition) is 1. The summed E-state index contributed by atoms with van der Waals surface area (Å²) in [5.74, 6) is -0.462. The summed E-state index contributed by atoms with van der Waals surface area (Å²) in [6.45, 7) is 3.60. The first-order valence-corrected chi connectivity index (χ1v) is 10.2. The molecule has 0 radical (unpaired) electrons. The number of hydrogen-bond acceptors (Lipinski definition) is 4. The molecule has 1 aliphatic rings. The van der Waals surface area contributed by atoms with Gasteiger partial charge >= 0.3 is 5.97 Å². The first-order chi connectivity index (χ1) is 12.9. The van der Waals surface area contributed by atoms with Crippen LogP contribution in [0.1, 0.15) is 37.4 Å². The van der Waals surface area contributed by atoms with Crippen LogP contribution in [0.15, 0.2) is 53.4 Å². The number of thioether (sulfide) groups is 1. The molecule has 6 heteroatoms. The van der Waals surface area contributed by atoms with Gasteiger partial charge in [-0.2, -0.15) is 0 Å². The molecule has 3 rings (SSSR count). The Morgan fingerprint density at radius 1 is 1.19 bits per heavy atom. The zero-order valence-electron chi connectivity index (χ0n) is 15.3. The second-order valence-electron chi connectivity index (χ2n) is 6.74. The Morgan fingerprint density at radius 2 is 1.89 bits per heavy atom. The van der Waals surface area contributed by atoms with Crippen molar-refractivity contribution in [3.63, 3.8) is 0 Å². The summed E-state index contributed by atoms with van der Waals surface area (Å²) in [4.78, 5) is 26.2. The van der Waals surface area contributed by atoms with Gasteiger partial charge in [0.2, 0.25) is 5.91 Å². The molecule has 27 heavy (non-hydrogen) atoms. The van der Waals surface area contributed by atoms with Gasteiger partial charge < -0.3 is 10.1 Å². The lowest BCUT2D eigenvalue weighted by atomic mass is 10.0. The lowest BCUT2D eigenvalue weighted by Gasteiger charge is -2.22. The number of carbonyl (C=O) groups is 2. The van der Waals surface area contributed by atoms with E-state index in [0.717, 1.165) is 4.90 Å². The maximum atomic E-state index is 12.9. The SMILES string of the molecule is CC(C)OC(=O)CC(NC(=O)C1Cc2ccccc2S1)c1ccccc1Cl. The van der Waals surface area contributed by atoms with E-state index in [9.17, 15) is 9.59 Å². The minimum Gasteiger partial charge on any atom is -0.463 e. The number of rotatable bonds is 6. The molecule has 2 aromatic carbocycles. The average molecular weight is 404 g/mol.